The van der Waals surface area contributed by atoms with Crippen molar-refractivity contribution in [2.24, 2.45) is 4.99 Å². The molecule has 0 aliphatic carbocycles. The van der Waals surface area contributed by atoms with Crippen LogP contribution in [0.5, 0.6) is 0 Å². The average Bonchev–Trinajstić information content (AvgIpc) is 3.26. The second-order valence-corrected chi connectivity index (χ2v) is 6.39. The quantitative estimate of drug-likeness (QED) is 0.572. The number of aliphatic hydroxyl groups is 2. The van der Waals surface area contributed by atoms with Gasteiger partial charge in [0.1, 0.15) is 24.5 Å². The fourth-order valence-corrected chi connectivity index (χ4v) is 3.29. The van der Waals surface area contributed by atoms with Gasteiger partial charge in [-0.25, -0.2) is 19.9 Å². The van der Waals surface area contributed by atoms with Gasteiger partial charge >= 0.3 is 0 Å². The first-order chi connectivity index (χ1) is 12.7. The van der Waals surface area contributed by atoms with E-state index in [1.54, 1.807) is 10.9 Å². The molecule has 0 bridgehead atoms. The van der Waals surface area contributed by atoms with Gasteiger partial charge in [-0.2, -0.15) is 0 Å². The Balaban J connectivity index is 1.63. The normalized spacial score (nSPS) is 27.4. The van der Waals surface area contributed by atoms with E-state index in [-0.39, 0.29) is 6.61 Å². The molecule has 10 heteroatoms. The topological polar surface area (TPSA) is 118 Å². The molecule has 26 heavy (non-hydrogen) atoms. The van der Waals surface area contributed by atoms with Gasteiger partial charge in [-0.15, -0.1) is 0 Å². The van der Waals surface area contributed by atoms with Crippen LogP contribution in [0.3, 0.4) is 0 Å². The third-order valence-corrected chi connectivity index (χ3v) is 4.77. The molecule has 2 aliphatic rings. The van der Waals surface area contributed by atoms with Gasteiger partial charge in [0.05, 0.1) is 32.3 Å². The standard InChI is InChI=1S/C16H22N6O4/c1-10(21-2-4-25-5-3-21)20-15-14-16(18-8-17-15)22(9-19-14)13-6-11(24)12(7-23)26-13/h8-9,11-13,23-24H,2-7H2,1H3. The van der Waals surface area contributed by atoms with Crippen LogP contribution in [0.25, 0.3) is 11.2 Å². The molecule has 140 valence electrons. The molecule has 3 atom stereocenters. The summed E-state index contributed by atoms with van der Waals surface area (Å²) in [6.45, 7) is 4.69. The van der Waals surface area contributed by atoms with E-state index in [2.05, 4.69) is 24.8 Å². The Hall–Kier alpha value is -2.14. The van der Waals surface area contributed by atoms with Crippen molar-refractivity contribution < 1.29 is 19.7 Å². The maximum absolute atomic E-state index is 9.96. The third kappa shape index (κ3) is 3.16. The molecule has 2 N–H and O–H groups in total. The SMILES string of the molecule is CC(=Nc1ncnc2c1ncn2C1CC(O)C(CO)O1)N1CCOCC1. The van der Waals surface area contributed by atoms with Crippen molar-refractivity contribution >= 4 is 22.8 Å². The Morgan fingerprint density at radius 3 is 2.85 bits per heavy atom. The Kier molecular flexibility index (Phi) is 4.81. The van der Waals surface area contributed by atoms with Gasteiger partial charge in [0.15, 0.2) is 17.0 Å². The van der Waals surface area contributed by atoms with E-state index in [1.165, 1.54) is 6.33 Å². The van der Waals surface area contributed by atoms with Gasteiger partial charge in [-0.3, -0.25) is 4.57 Å². The van der Waals surface area contributed by atoms with Crippen molar-refractivity contribution in [1.29, 1.82) is 0 Å². The predicted octanol–water partition coefficient (Wildman–Crippen LogP) is -0.151. The van der Waals surface area contributed by atoms with E-state index in [4.69, 9.17) is 9.47 Å². The molecule has 2 fully saturated rings. The van der Waals surface area contributed by atoms with E-state index in [9.17, 15) is 10.2 Å². The number of aliphatic hydroxyl groups excluding tert-OH is 2. The first-order valence-corrected chi connectivity index (χ1v) is 8.67. The molecule has 4 rings (SSSR count). The predicted molar refractivity (Wildman–Crippen MR) is 92.1 cm³/mol. The fraction of sp³-hybridized carbons (Fsp3) is 0.625. The van der Waals surface area contributed by atoms with E-state index in [0.29, 0.717) is 36.6 Å². The zero-order valence-corrected chi connectivity index (χ0v) is 14.5. The summed E-state index contributed by atoms with van der Waals surface area (Å²) < 4.78 is 12.8. The summed E-state index contributed by atoms with van der Waals surface area (Å²) in [5.41, 5.74) is 1.16. The van der Waals surface area contributed by atoms with E-state index in [0.717, 1.165) is 18.9 Å². The van der Waals surface area contributed by atoms with Gasteiger partial charge in [-0.1, -0.05) is 0 Å². The summed E-state index contributed by atoms with van der Waals surface area (Å²) in [5.74, 6) is 1.35. The fourth-order valence-electron chi connectivity index (χ4n) is 3.29. The smallest absolute Gasteiger partial charge is 0.185 e. The monoisotopic (exact) mass is 362 g/mol. The summed E-state index contributed by atoms with van der Waals surface area (Å²) in [7, 11) is 0. The summed E-state index contributed by atoms with van der Waals surface area (Å²) in [5, 5.41) is 19.2. The van der Waals surface area contributed by atoms with Crippen molar-refractivity contribution in [2.45, 2.75) is 31.8 Å². The Morgan fingerprint density at radius 2 is 2.12 bits per heavy atom. The number of imidazole rings is 1. The third-order valence-electron chi connectivity index (χ3n) is 4.77. The summed E-state index contributed by atoms with van der Waals surface area (Å²) in [6.07, 6.45) is 1.68. The first kappa shape index (κ1) is 17.3. The van der Waals surface area contributed by atoms with Gasteiger partial charge in [0, 0.05) is 19.5 Å². The highest BCUT2D eigenvalue weighted by Gasteiger charge is 2.35. The molecule has 0 aromatic carbocycles. The lowest BCUT2D eigenvalue weighted by molar-refractivity contribution is -0.0432. The zero-order valence-electron chi connectivity index (χ0n) is 14.5. The minimum atomic E-state index is -0.717. The number of rotatable bonds is 3. The van der Waals surface area contributed by atoms with Crippen LogP contribution < -0.4 is 0 Å². The number of aromatic nitrogens is 4. The van der Waals surface area contributed by atoms with Gasteiger partial charge in [0.2, 0.25) is 0 Å². The highest BCUT2D eigenvalue weighted by molar-refractivity contribution is 5.88. The number of fused-ring (bicyclic) bond motifs is 1. The van der Waals surface area contributed by atoms with E-state index < -0.39 is 18.4 Å². The van der Waals surface area contributed by atoms with Crippen molar-refractivity contribution in [2.75, 3.05) is 32.9 Å². The number of hydrogen-bond donors (Lipinski definition) is 2. The molecular weight excluding hydrogens is 340 g/mol. The molecule has 0 amide bonds. The van der Waals surface area contributed by atoms with Crippen LogP contribution in [0, 0.1) is 0 Å². The molecule has 4 heterocycles. The molecule has 0 radical (unpaired) electrons. The van der Waals surface area contributed by atoms with Crippen LogP contribution in [-0.4, -0.2) is 85.6 Å². The molecule has 0 spiro atoms. The Morgan fingerprint density at radius 1 is 1.31 bits per heavy atom. The number of aliphatic imine (C=N–C) groups is 1. The number of hydrogen-bond acceptors (Lipinski definition) is 8. The number of nitrogens with zero attached hydrogens (tertiary/aromatic N) is 6. The highest BCUT2D eigenvalue weighted by Crippen LogP contribution is 2.32. The highest BCUT2D eigenvalue weighted by atomic mass is 16.5. The molecule has 10 nitrogen and oxygen atoms in total. The van der Waals surface area contributed by atoms with Crippen LogP contribution >= 0.6 is 0 Å². The van der Waals surface area contributed by atoms with E-state index in [1.807, 2.05) is 6.92 Å². The lowest BCUT2D eigenvalue weighted by Crippen LogP contribution is -2.39. The van der Waals surface area contributed by atoms with E-state index >= 15 is 0 Å². The number of amidine groups is 1. The molecule has 2 aromatic rings. The summed E-state index contributed by atoms with van der Waals surface area (Å²) >= 11 is 0. The molecule has 2 aromatic heterocycles. The zero-order chi connectivity index (χ0) is 18.1. The van der Waals surface area contributed by atoms with Crippen LogP contribution in [0.1, 0.15) is 19.6 Å². The van der Waals surface area contributed by atoms with Crippen molar-refractivity contribution in [1.82, 2.24) is 24.4 Å². The molecule has 2 saturated heterocycles. The second kappa shape index (κ2) is 7.23. The molecule has 3 unspecified atom stereocenters. The van der Waals surface area contributed by atoms with Crippen molar-refractivity contribution in [3.8, 4) is 0 Å². The number of morpholine rings is 1. The Labute approximate surface area is 150 Å². The summed E-state index contributed by atoms with van der Waals surface area (Å²) in [4.78, 5) is 19.7. The van der Waals surface area contributed by atoms with Crippen LogP contribution in [0.15, 0.2) is 17.6 Å². The maximum Gasteiger partial charge on any atom is 0.185 e. The summed E-state index contributed by atoms with van der Waals surface area (Å²) in [6, 6.07) is 0. The van der Waals surface area contributed by atoms with Crippen molar-refractivity contribution in [3.05, 3.63) is 12.7 Å². The largest absolute Gasteiger partial charge is 0.394 e. The van der Waals surface area contributed by atoms with Crippen LogP contribution in [0.4, 0.5) is 5.82 Å². The first-order valence-electron chi connectivity index (χ1n) is 8.67. The van der Waals surface area contributed by atoms with Crippen molar-refractivity contribution in [3.63, 3.8) is 0 Å². The van der Waals surface area contributed by atoms with Crippen LogP contribution in [0.2, 0.25) is 0 Å². The van der Waals surface area contributed by atoms with Gasteiger partial charge < -0.3 is 24.6 Å². The minimum absolute atomic E-state index is 0.229. The van der Waals surface area contributed by atoms with Gasteiger partial charge in [0.25, 0.3) is 0 Å². The molecule has 2 aliphatic heterocycles. The second-order valence-electron chi connectivity index (χ2n) is 6.39. The maximum atomic E-state index is 9.96. The lowest BCUT2D eigenvalue weighted by Gasteiger charge is -2.28. The minimum Gasteiger partial charge on any atom is -0.394 e. The Bertz CT molecular complexity index is 803. The average molecular weight is 362 g/mol. The molecular formula is C16H22N6O4. The number of ether oxygens (including phenoxy) is 2. The molecule has 0 saturated carbocycles. The lowest BCUT2D eigenvalue weighted by atomic mass is 10.2. The van der Waals surface area contributed by atoms with Crippen LogP contribution in [-0.2, 0) is 9.47 Å². The van der Waals surface area contributed by atoms with Gasteiger partial charge in [-0.05, 0) is 6.92 Å².